The van der Waals surface area contributed by atoms with E-state index < -0.39 is 0 Å². The standard InChI is InChI=1S/C36H22N6/c37-42-35-31-23-13-5-3-11-21(23)29(39-31)17-27-19-9-1-2-10-20(19)28(38-27)18-30-22-12-4-6-14-24(22)32(40-30)36(42)34-26-16-8-7-15-25(26)33(35)41-34/h1-18,33,39-41H. The second kappa shape index (κ2) is 7.71. The second-order valence-corrected chi connectivity index (χ2v) is 11.2. The van der Waals surface area contributed by atoms with Gasteiger partial charge in [-0.15, -0.1) is 0 Å². The maximum atomic E-state index is 12.3. The van der Waals surface area contributed by atoms with Crippen LogP contribution in [0.5, 0.6) is 0 Å². The molecule has 0 spiro atoms. The van der Waals surface area contributed by atoms with E-state index in [2.05, 4.69) is 118 Å². The quantitative estimate of drug-likeness (QED) is 0.202. The van der Waals surface area contributed by atoms with E-state index in [0.29, 0.717) is 5.70 Å². The summed E-state index contributed by atoms with van der Waals surface area (Å²) in [5, 5.41) is 9.85. The number of benzene rings is 4. The topological polar surface area (TPSA) is 81.3 Å². The van der Waals surface area contributed by atoms with E-state index >= 15 is 0 Å². The molecule has 3 N–H and O–H groups in total. The molecule has 0 amide bonds. The van der Waals surface area contributed by atoms with Crippen LogP contribution in [0.3, 0.4) is 0 Å². The lowest BCUT2D eigenvalue weighted by atomic mass is 10.0. The molecule has 4 aliphatic rings. The van der Waals surface area contributed by atoms with E-state index in [1.54, 1.807) is 0 Å². The summed E-state index contributed by atoms with van der Waals surface area (Å²) >= 11 is 0. The molecule has 6 heterocycles. The Morgan fingerprint density at radius 2 is 1.36 bits per heavy atom. The number of aromatic nitrogens is 2. The van der Waals surface area contributed by atoms with Crippen molar-refractivity contribution in [3.8, 4) is 0 Å². The molecule has 0 radical (unpaired) electrons. The maximum absolute atomic E-state index is 12.3. The number of H-pyrrole nitrogens is 2. The average molecular weight is 539 g/mol. The Balaban J connectivity index is 1.45. The van der Waals surface area contributed by atoms with Crippen LogP contribution in [0.25, 0.3) is 62.0 Å². The number of fused-ring (bicyclic) bond motifs is 23. The summed E-state index contributed by atoms with van der Waals surface area (Å²) < 4.78 is 1.40. The predicted octanol–water partition coefficient (Wildman–Crippen LogP) is 6.07. The van der Waals surface area contributed by atoms with Crippen molar-refractivity contribution in [2.75, 3.05) is 0 Å². The molecule has 0 saturated heterocycles. The van der Waals surface area contributed by atoms with Crippen molar-refractivity contribution in [2.24, 2.45) is 4.99 Å². The van der Waals surface area contributed by atoms with Crippen molar-refractivity contribution < 1.29 is 4.70 Å². The highest BCUT2D eigenvalue weighted by Gasteiger charge is 2.44. The van der Waals surface area contributed by atoms with Gasteiger partial charge in [-0.3, -0.25) is 0 Å². The zero-order valence-corrected chi connectivity index (χ0v) is 22.3. The Bertz CT molecular complexity index is 2460. The van der Waals surface area contributed by atoms with Crippen LogP contribution < -0.4 is 16.0 Å². The van der Waals surface area contributed by atoms with Crippen molar-refractivity contribution in [1.29, 1.82) is 0 Å². The molecule has 10 rings (SSSR count). The summed E-state index contributed by atoms with van der Waals surface area (Å²) in [5.74, 6) is 0. The molecule has 1 unspecified atom stereocenters. The van der Waals surface area contributed by atoms with Crippen molar-refractivity contribution in [1.82, 2.24) is 15.3 Å². The Kier molecular flexibility index (Phi) is 4.04. The highest BCUT2D eigenvalue weighted by Crippen LogP contribution is 2.48. The third kappa shape index (κ3) is 2.71. The van der Waals surface area contributed by atoms with Gasteiger partial charge < -0.3 is 20.8 Å². The summed E-state index contributed by atoms with van der Waals surface area (Å²) in [7, 11) is 0. The summed E-state index contributed by atoms with van der Waals surface area (Å²) in [4.78, 5) is 12.6. The van der Waals surface area contributed by atoms with Crippen LogP contribution in [-0.4, -0.2) is 20.4 Å². The first-order valence-corrected chi connectivity index (χ1v) is 14.2. The molecular formula is C36H22N6. The number of nitrogens with one attached hydrogen (secondary N) is 3. The average Bonchev–Trinajstić information content (AvgIpc) is 3.76. The fourth-order valence-electron chi connectivity index (χ4n) is 7.22. The van der Waals surface area contributed by atoms with E-state index in [9.17, 15) is 5.53 Å². The van der Waals surface area contributed by atoms with Gasteiger partial charge >= 0.3 is 0 Å². The predicted molar refractivity (Wildman–Crippen MR) is 167 cm³/mol. The minimum atomic E-state index is -0.218. The highest BCUT2D eigenvalue weighted by molar-refractivity contribution is 6.28. The van der Waals surface area contributed by atoms with Gasteiger partial charge in [0.25, 0.3) is 0 Å². The second-order valence-electron chi connectivity index (χ2n) is 11.2. The third-order valence-electron chi connectivity index (χ3n) is 9.05. The van der Waals surface area contributed by atoms with Gasteiger partial charge in [0.15, 0.2) is 0 Å². The van der Waals surface area contributed by atoms with E-state index in [1.807, 2.05) is 6.07 Å². The van der Waals surface area contributed by atoms with Gasteiger partial charge in [-0.2, -0.15) is 0 Å². The molecule has 4 aliphatic heterocycles. The zero-order valence-electron chi connectivity index (χ0n) is 22.3. The van der Waals surface area contributed by atoms with Crippen LogP contribution in [0, 0.1) is 0 Å². The number of hydrogen-bond acceptors (Lipinski definition) is 2. The van der Waals surface area contributed by atoms with E-state index in [4.69, 9.17) is 4.99 Å². The van der Waals surface area contributed by atoms with Gasteiger partial charge in [0, 0.05) is 49.3 Å². The van der Waals surface area contributed by atoms with Gasteiger partial charge in [0.05, 0.1) is 11.4 Å². The summed E-state index contributed by atoms with van der Waals surface area (Å²) in [6.07, 6.45) is 4.27. The fraction of sp³-hybridized carbons (Fsp3) is 0.0278. The summed E-state index contributed by atoms with van der Waals surface area (Å²) in [6, 6.07) is 33.3. The van der Waals surface area contributed by atoms with Crippen LogP contribution >= 0.6 is 0 Å². The number of aliphatic imine (C=N–C) groups is 1. The van der Waals surface area contributed by atoms with Crippen LogP contribution in [0.1, 0.15) is 39.7 Å². The Morgan fingerprint density at radius 1 is 0.667 bits per heavy atom. The minimum absolute atomic E-state index is 0.218. The van der Waals surface area contributed by atoms with Crippen LogP contribution in [0.4, 0.5) is 0 Å². The first kappa shape index (κ1) is 22.0. The molecule has 4 aromatic carbocycles. The molecular weight excluding hydrogens is 516 g/mol. The van der Waals surface area contributed by atoms with Crippen LogP contribution in [0.2, 0.25) is 0 Å². The number of rotatable bonds is 0. The third-order valence-corrected chi connectivity index (χ3v) is 9.05. The molecule has 6 aromatic rings. The monoisotopic (exact) mass is 538 g/mol. The lowest BCUT2D eigenvalue weighted by molar-refractivity contribution is -0.359. The smallest absolute Gasteiger partial charge is 0.248 e. The molecule has 0 aliphatic carbocycles. The SMILES string of the molecule is [N-]=[N+]1C2=C3NC(C1=c1[nH]c(c4ccccc14)=CC1=NC(=Cc4[nH]c2c2ccccc42)c2ccccc21)c1ccccc13. The lowest BCUT2D eigenvalue weighted by Gasteiger charge is -2.23. The molecule has 1 atom stereocenters. The molecule has 196 valence electrons. The number of aromatic amines is 2. The van der Waals surface area contributed by atoms with Crippen molar-refractivity contribution in [2.45, 2.75) is 6.04 Å². The van der Waals surface area contributed by atoms with Gasteiger partial charge in [0.2, 0.25) is 11.4 Å². The van der Waals surface area contributed by atoms with Crippen LogP contribution in [-0.2, 0) is 0 Å². The molecule has 0 fully saturated rings. The molecule has 2 aromatic heterocycles. The first-order chi connectivity index (χ1) is 20.7. The molecule has 10 bridgehead atoms. The Labute approximate surface area is 239 Å². The van der Waals surface area contributed by atoms with E-state index in [-0.39, 0.29) is 6.04 Å². The fourth-order valence-corrected chi connectivity index (χ4v) is 7.22. The van der Waals surface area contributed by atoms with Crippen molar-refractivity contribution in [3.05, 3.63) is 147 Å². The minimum Gasteiger partial charge on any atom is -0.493 e. The summed E-state index contributed by atoms with van der Waals surface area (Å²) in [6.45, 7) is 0. The van der Waals surface area contributed by atoms with Crippen LogP contribution in [0.15, 0.2) is 102 Å². The molecule has 42 heavy (non-hydrogen) atoms. The normalized spacial score (nSPS) is 17.9. The highest BCUT2D eigenvalue weighted by atomic mass is 15.3. The van der Waals surface area contributed by atoms with Crippen molar-refractivity contribution in [3.63, 3.8) is 0 Å². The van der Waals surface area contributed by atoms with E-state index in [0.717, 1.165) is 88.7 Å². The molecule has 6 heteroatoms. The van der Waals surface area contributed by atoms with Crippen molar-refractivity contribution >= 4 is 62.2 Å². The first-order valence-electron chi connectivity index (χ1n) is 14.2. The van der Waals surface area contributed by atoms with E-state index in [1.165, 1.54) is 4.70 Å². The zero-order chi connectivity index (χ0) is 27.5. The van der Waals surface area contributed by atoms with Gasteiger partial charge in [-0.1, -0.05) is 97.1 Å². The lowest BCUT2D eigenvalue weighted by Crippen LogP contribution is -2.32. The number of hydrogen-bond donors (Lipinski definition) is 3. The maximum Gasteiger partial charge on any atom is 0.248 e. The van der Waals surface area contributed by atoms with Gasteiger partial charge in [-0.25, -0.2) is 9.69 Å². The molecule has 0 saturated carbocycles. The number of nitrogens with zero attached hydrogens (tertiary/aromatic N) is 3. The van der Waals surface area contributed by atoms with Gasteiger partial charge in [0.1, 0.15) is 22.8 Å². The largest absolute Gasteiger partial charge is 0.493 e. The van der Waals surface area contributed by atoms with Gasteiger partial charge in [-0.05, 0) is 17.7 Å². The Hall–Kier alpha value is -5.75. The summed E-state index contributed by atoms with van der Waals surface area (Å²) in [5.41, 5.74) is 22.7. The Morgan fingerprint density at radius 3 is 2.21 bits per heavy atom. The molecule has 6 nitrogen and oxygen atoms in total.